The van der Waals surface area contributed by atoms with E-state index in [1.54, 1.807) is 13.0 Å². The first kappa shape index (κ1) is 27.2. The van der Waals surface area contributed by atoms with Crippen LogP contribution in [0.2, 0.25) is 5.02 Å². The fraction of sp³-hybridized carbons (Fsp3) is 0.414. The number of aromatic nitrogens is 2. The number of H-pyrrole nitrogens is 1. The monoisotopic (exact) mass is 550 g/mol. The van der Waals surface area contributed by atoms with Crippen LogP contribution in [0.1, 0.15) is 44.7 Å². The zero-order valence-electron chi connectivity index (χ0n) is 20.7. The van der Waals surface area contributed by atoms with Gasteiger partial charge in [-0.3, -0.25) is 4.79 Å². The molecule has 0 bridgehead atoms. The second-order valence-electron chi connectivity index (χ2n) is 9.95. The molecule has 1 aliphatic carbocycles. The molecule has 2 aromatic heterocycles. The fourth-order valence-electron chi connectivity index (χ4n) is 5.52. The quantitative estimate of drug-likeness (QED) is 0.430. The lowest BCUT2D eigenvalue weighted by atomic mass is 9.90. The molecule has 0 spiro atoms. The van der Waals surface area contributed by atoms with Gasteiger partial charge < -0.3 is 29.6 Å². The predicted octanol–water partition coefficient (Wildman–Crippen LogP) is 4.37. The van der Waals surface area contributed by atoms with Crippen molar-refractivity contribution in [2.75, 3.05) is 13.2 Å². The minimum atomic E-state index is -0.684. The van der Waals surface area contributed by atoms with Crippen LogP contribution in [0, 0.1) is 11.3 Å². The average molecular weight is 551 g/mol. The van der Waals surface area contributed by atoms with Gasteiger partial charge in [0.2, 0.25) is 11.8 Å². The van der Waals surface area contributed by atoms with Gasteiger partial charge in [-0.05, 0) is 36.5 Å². The molecule has 1 amide bonds. The van der Waals surface area contributed by atoms with Crippen LogP contribution >= 0.6 is 11.6 Å². The predicted molar refractivity (Wildman–Crippen MR) is 147 cm³/mol. The number of hydrogen-bond donors (Lipinski definition) is 3. The number of nitriles is 1. The van der Waals surface area contributed by atoms with E-state index < -0.39 is 24.4 Å². The van der Waals surface area contributed by atoms with E-state index in [1.165, 1.54) is 5.57 Å². The topological polar surface area (TPSA) is 129 Å². The van der Waals surface area contributed by atoms with Crippen LogP contribution in [0.4, 0.5) is 0 Å². The standard InChI is InChI=1S/C28H27ClN4O5.CH4/c1-14(34)31-18-8-6-16(7-9-18)15-2-4-17(5-3-15)24-20(29)10-21-25(33-24)19(11-30)28(32-21)38-23-13-37-26-22(35)12-36-27(23)26;/h2-6,10,18,22-23,26-27,32,35H,7-9,12-13H2,1H3,(H,31,34);1H4/t18?,22?,23?,26?,27-;/m1./s1. The molecule has 9 nitrogen and oxygen atoms in total. The minimum absolute atomic E-state index is 0. The van der Waals surface area contributed by atoms with Crippen LogP contribution in [-0.2, 0) is 14.3 Å². The maximum Gasteiger partial charge on any atom is 0.217 e. The van der Waals surface area contributed by atoms with Gasteiger partial charge in [0, 0.05) is 18.5 Å². The van der Waals surface area contributed by atoms with Gasteiger partial charge in [-0.1, -0.05) is 49.4 Å². The van der Waals surface area contributed by atoms with Gasteiger partial charge in [-0.15, -0.1) is 0 Å². The summed E-state index contributed by atoms with van der Waals surface area (Å²) in [4.78, 5) is 19.2. The third kappa shape index (κ3) is 5.13. The molecule has 4 heterocycles. The lowest BCUT2D eigenvalue weighted by molar-refractivity contribution is -0.119. The number of aromatic amines is 1. The molecule has 3 aromatic rings. The van der Waals surface area contributed by atoms with Crippen LogP contribution < -0.4 is 10.1 Å². The number of rotatable bonds is 5. The summed E-state index contributed by atoms with van der Waals surface area (Å²) < 4.78 is 17.4. The van der Waals surface area contributed by atoms with E-state index in [0.717, 1.165) is 30.4 Å². The van der Waals surface area contributed by atoms with Crippen molar-refractivity contribution in [2.45, 2.75) is 64.1 Å². The number of aliphatic hydroxyl groups excluding tert-OH is 1. The fourth-order valence-corrected chi connectivity index (χ4v) is 5.78. The third-order valence-corrected chi connectivity index (χ3v) is 7.69. The van der Waals surface area contributed by atoms with Crippen LogP contribution in [-0.4, -0.2) is 64.7 Å². The van der Waals surface area contributed by atoms with Crippen molar-refractivity contribution in [1.82, 2.24) is 15.3 Å². The molecular formula is C29H31ClN4O5. The molecule has 3 aliphatic rings. The Hall–Kier alpha value is -3.42. The third-order valence-electron chi connectivity index (χ3n) is 7.40. The first-order valence-corrected chi connectivity index (χ1v) is 13.1. The summed E-state index contributed by atoms with van der Waals surface area (Å²) in [5.41, 5.74) is 5.11. The molecule has 39 heavy (non-hydrogen) atoms. The van der Waals surface area contributed by atoms with Gasteiger partial charge in [0.1, 0.15) is 35.5 Å². The number of pyridine rings is 1. The largest absolute Gasteiger partial charge is 0.469 e. The van der Waals surface area contributed by atoms with E-state index in [0.29, 0.717) is 21.7 Å². The van der Waals surface area contributed by atoms with Crippen molar-refractivity contribution in [3.63, 3.8) is 0 Å². The second-order valence-corrected chi connectivity index (χ2v) is 10.4. The molecule has 3 N–H and O–H groups in total. The molecule has 2 aliphatic heterocycles. The maximum atomic E-state index is 11.3. The molecular weight excluding hydrogens is 520 g/mol. The Bertz CT molecular complexity index is 1460. The Morgan fingerprint density at radius 3 is 2.67 bits per heavy atom. The van der Waals surface area contributed by atoms with Gasteiger partial charge >= 0.3 is 0 Å². The van der Waals surface area contributed by atoms with Crippen LogP contribution in [0.5, 0.6) is 5.88 Å². The Balaban J connectivity index is 0.00000308. The highest BCUT2D eigenvalue weighted by Crippen LogP contribution is 2.37. The second kappa shape index (κ2) is 11.0. The van der Waals surface area contributed by atoms with E-state index in [1.807, 2.05) is 24.3 Å². The average Bonchev–Trinajstić information content (AvgIpc) is 3.58. The molecule has 2 saturated heterocycles. The van der Waals surface area contributed by atoms with E-state index in [2.05, 4.69) is 22.4 Å². The lowest BCUT2D eigenvalue weighted by Gasteiger charge is -2.22. The van der Waals surface area contributed by atoms with Crippen molar-refractivity contribution < 1.29 is 24.1 Å². The number of fused-ring (bicyclic) bond motifs is 2. The van der Waals surface area contributed by atoms with Crippen LogP contribution in [0.3, 0.4) is 0 Å². The Labute approximate surface area is 231 Å². The number of aliphatic hydroxyl groups is 1. The van der Waals surface area contributed by atoms with Crippen molar-refractivity contribution in [2.24, 2.45) is 0 Å². The summed E-state index contributed by atoms with van der Waals surface area (Å²) in [5.74, 6) is 0.279. The van der Waals surface area contributed by atoms with Crippen molar-refractivity contribution in [3.8, 4) is 23.2 Å². The minimum Gasteiger partial charge on any atom is -0.469 e. The van der Waals surface area contributed by atoms with Gasteiger partial charge in [0.05, 0.1) is 29.4 Å². The van der Waals surface area contributed by atoms with E-state index in [9.17, 15) is 15.2 Å². The molecule has 0 radical (unpaired) electrons. The number of nitrogens with one attached hydrogen (secondary N) is 2. The number of nitrogens with zero attached hydrogens (tertiary/aromatic N) is 2. The molecule has 0 saturated carbocycles. The number of benzene rings is 1. The van der Waals surface area contributed by atoms with Crippen molar-refractivity contribution >= 4 is 34.1 Å². The SMILES string of the molecule is C.CC(=O)NC1CC=C(c2ccc(-c3nc4c(C#N)c(OC5COC6C(O)CO[C@H]56)[nH]c4cc3Cl)cc2)CC1. The molecule has 5 atom stereocenters. The van der Waals surface area contributed by atoms with Gasteiger partial charge in [0.25, 0.3) is 0 Å². The highest BCUT2D eigenvalue weighted by Gasteiger charge is 2.48. The molecule has 4 unspecified atom stereocenters. The van der Waals surface area contributed by atoms with Crippen LogP contribution in [0.15, 0.2) is 36.4 Å². The Morgan fingerprint density at radius 2 is 1.97 bits per heavy atom. The Kier molecular flexibility index (Phi) is 7.65. The van der Waals surface area contributed by atoms with Gasteiger partial charge in [0.15, 0.2) is 6.10 Å². The van der Waals surface area contributed by atoms with E-state index in [-0.39, 0.29) is 44.0 Å². The Morgan fingerprint density at radius 1 is 1.23 bits per heavy atom. The maximum absolute atomic E-state index is 11.3. The molecule has 6 rings (SSSR count). The van der Waals surface area contributed by atoms with Crippen LogP contribution in [0.25, 0.3) is 27.9 Å². The number of amides is 1. The molecule has 1 aromatic carbocycles. The smallest absolute Gasteiger partial charge is 0.217 e. The molecule has 10 heteroatoms. The summed E-state index contributed by atoms with van der Waals surface area (Å²) in [6.45, 7) is 2.00. The normalized spacial score (nSPS) is 25.9. The first-order chi connectivity index (χ1) is 18.4. The number of ether oxygens (including phenoxy) is 3. The highest BCUT2D eigenvalue weighted by atomic mass is 35.5. The van der Waals surface area contributed by atoms with E-state index >= 15 is 0 Å². The number of carbonyl (C=O) groups excluding carboxylic acids is 1. The lowest BCUT2D eigenvalue weighted by Crippen LogP contribution is -2.34. The first-order valence-electron chi connectivity index (χ1n) is 12.7. The molecule has 204 valence electrons. The van der Waals surface area contributed by atoms with Gasteiger partial charge in [-0.2, -0.15) is 5.26 Å². The van der Waals surface area contributed by atoms with Crippen molar-refractivity contribution in [1.29, 1.82) is 5.26 Å². The summed E-state index contributed by atoms with van der Waals surface area (Å²) in [5, 5.41) is 23.4. The summed E-state index contributed by atoms with van der Waals surface area (Å²) in [6, 6.07) is 12.2. The summed E-state index contributed by atoms with van der Waals surface area (Å²) in [7, 11) is 0. The van der Waals surface area contributed by atoms with E-state index in [4.69, 9.17) is 30.8 Å². The zero-order valence-corrected chi connectivity index (χ0v) is 21.5. The highest BCUT2D eigenvalue weighted by molar-refractivity contribution is 6.33. The summed E-state index contributed by atoms with van der Waals surface area (Å²) in [6.07, 6.45) is 2.84. The summed E-state index contributed by atoms with van der Waals surface area (Å²) >= 11 is 6.63. The zero-order chi connectivity index (χ0) is 26.4. The number of halogens is 1. The van der Waals surface area contributed by atoms with Gasteiger partial charge in [-0.25, -0.2) is 4.98 Å². The number of carbonyl (C=O) groups is 1. The molecule has 2 fully saturated rings. The number of hydrogen-bond acceptors (Lipinski definition) is 7. The number of allylic oxidation sites excluding steroid dienone is 1. The van der Waals surface area contributed by atoms with Crippen molar-refractivity contribution in [3.05, 3.63) is 52.6 Å².